The number of rotatable bonds is 6. The van der Waals surface area contributed by atoms with E-state index in [-0.39, 0.29) is 12.5 Å². The number of hydrogen-bond acceptors (Lipinski definition) is 8. The zero-order valence-corrected chi connectivity index (χ0v) is 20.3. The second-order valence-electron chi connectivity index (χ2n) is 8.59. The second kappa shape index (κ2) is 8.95. The Kier molecular flexibility index (Phi) is 5.47. The van der Waals surface area contributed by atoms with Crippen LogP contribution >= 0.6 is 11.3 Å². The molecule has 3 N–H and O–H groups in total. The van der Waals surface area contributed by atoms with E-state index in [1.807, 2.05) is 43.9 Å². The Labute approximate surface area is 209 Å². The number of pyridine rings is 3. The lowest BCUT2D eigenvalue weighted by molar-refractivity contribution is -0.116. The number of aromatic amines is 2. The van der Waals surface area contributed by atoms with Gasteiger partial charge in [-0.1, -0.05) is 0 Å². The summed E-state index contributed by atoms with van der Waals surface area (Å²) in [6, 6.07) is 7.73. The Morgan fingerprint density at radius 2 is 1.89 bits per heavy atom. The van der Waals surface area contributed by atoms with Gasteiger partial charge in [-0.05, 0) is 54.7 Å². The minimum atomic E-state index is -0.110. The van der Waals surface area contributed by atoms with Gasteiger partial charge in [-0.25, -0.2) is 9.97 Å². The summed E-state index contributed by atoms with van der Waals surface area (Å²) in [6.07, 6.45) is 6.92. The van der Waals surface area contributed by atoms with E-state index >= 15 is 0 Å². The lowest BCUT2D eigenvalue weighted by atomic mass is 10.1. The number of thiophene rings is 1. The van der Waals surface area contributed by atoms with E-state index in [2.05, 4.69) is 41.9 Å². The maximum Gasteiger partial charge on any atom is 0.238 e. The van der Waals surface area contributed by atoms with Gasteiger partial charge in [0.15, 0.2) is 11.5 Å². The highest BCUT2D eigenvalue weighted by molar-refractivity contribution is 7.08. The van der Waals surface area contributed by atoms with Crippen LogP contribution in [-0.2, 0) is 4.79 Å². The highest BCUT2D eigenvalue weighted by Crippen LogP contribution is 2.32. The first-order chi connectivity index (χ1) is 17.5. The van der Waals surface area contributed by atoms with Crippen LogP contribution in [-0.4, -0.2) is 66.6 Å². The molecular weight excluding hydrogens is 474 g/mol. The molecule has 0 radical (unpaired) electrons. The van der Waals surface area contributed by atoms with Gasteiger partial charge >= 0.3 is 0 Å². The van der Waals surface area contributed by atoms with Crippen molar-refractivity contribution in [2.45, 2.75) is 0 Å². The molecule has 0 aliphatic carbocycles. The van der Waals surface area contributed by atoms with Crippen molar-refractivity contribution < 1.29 is 4.79 Å². The molecule has 10 nitrogen and oxygen atoms in total. The Morgan fingerprint density at radius 1 is 1.00 bits per heavy atom. The molecule has 6 aromatic heterocycles. The van der Waals surface area contributed by atoms with Crippen molar-refractivity contribution in [1.82, 2.24) is 40.0 Å². The quantitative estimate of drug-likeness (QED) is 0.316. The minimum Gasteiger partial charge on any atom is -0.335 e. The van der Waals surface area contributed by atoms with Crippen LogP contribution in [0, 0.1) is 0 Å². The fourth-order valence-electron chi connectivity index (χ4n) is 4.04. The van der Waals surface area contributed by atoms with Crippen molar-refractivity contribution in [3.8, 4) is 33.9 Å². The number of likely N-dealkylation sites (N-methyl/N-ethyl adjacent to an activating group) is 1. The lowest BCUT2D eigenvalue weighted by Crippen LogP contribution is -2.27. The van der Waals surface area contributed by atoms with Gasteiger partial charge in [0.2, 0.25) is 5.91 Å². The van der Waals surface area contributed by atoms with E-state index < -0.39 is 0 Å². The van der Waals surface area contributed by atoms with Gasteiger partial charge in [-0.2, -0.15) is 16.4 Å². The molecule has 178 valence electrons. The molecule has 0 bridgehead atoms. The van der Waals surface area contributed by atoms with Gasteiger partial charge in [0, 0.05) is 23.5 Å². The molecule has 6 rings (SSSR count). The summed E-state index contributed by atoms with van der Waals surface area (Å²) in [5.41, 5.74) is 7.87. The summed E-state index contributed by atoms with van der Waals surface area (Å²) in [7, 11) is 3.69. The molecule has 0 aliphatic rings. The number of anilines is 1. The number of imidazole rings is 1. The van der Waals surface area contributed by atoms with Gasteiger partial charge in [0.05, 0.1) is 41.4 Å². The first kappa shape index (κ1) is 22.0. The number of carbonyl (C=O) groups is 1. The highest BCUT2D eigenvalue weighted by Gasteiger charge is 2.17. The molecule has 6 aromatic rings. The summed E-state index contributed by atoms with van der Waals surface area (Å²) in [6.45, 7) is 0.286. The number of nitrogens with one attached hydrogen (secondary N) is 3. The average Bonchev–Trinajstić information content (AvgIpc) is 3.62. The molecular formula is C25H21N9OS. The molecule has 0 aliphatic heterocycles. The largest absolute Gasteiger partial charge is 0.335 e. The lowest BCUT2D eigenvalue weighted by Gasteiger charge is -2.10. The normalized spacial score (nSPS) is 11.5. The van der Waals surface area contributed by atoms with Crippen LogP contribution in [0.1, 0.15) is 0 Å². The Hall–Kier alpha value is -4.48. The van der Waals surface area contributed by atoms with Crippen LogP contribution in [0.15, 0.2) is 59.8 Å². The molecule has 0 saturated carbocycles. The maximum absolute atomic E-state index is 12.2. The molecule has 6 heterocycles. The van der Waals surface area contributed by atoms with Crippen molar-refractivity contribution in [1.29, 1.82) is 0 Å². The molecule has 0 atom stereocenters. The third kappa shape index (κ3) is 4.10. The van der Waals surface area contributed by atoms with E-state index in [0.717, 1.165) is 33.2 Å². The smallest absolute Gasteiger partial charge is 0.238 e. The van der Waals surface area contributed by atoms with Gasteiger partial charge in [-0.15, -0.1) is 0 Å². The summed E-state index contributed by atoms with van der Waals surface area (Å²) in [5, 5.41) is 14.5. The third-order valence-corrected chi connectivity index (χ3v) is 6.32. The monoisotopic (exact) mass is 495 g/mol. The van der Waals surface area contributed by atoms with Crippen LogP contribution < -0.4 is 5.32 Å². The van der Waals surface area contributed by atoms with Crippen molar-refractivity contribution in [2.24, 2.45) is 0 Å². The SMILES string of the molecule is CN(C)CC(=O)Nc1cncc(-c2ccc3[nH]nc(-c4nc5c(-c6ccsc6)cncc5[nH]4)c3n2)c1. The summed E-state index contributed by atoms with van der Waals surface area (Å²) in [5.74, 6) is 0.494. The third-order valence-electron chi connectivity index (χ3n) is 5.64. The highest BCUT2D eigenvalue weighted by atomic mass is 32.1. The zero-order valence-electron chi connectivity index (χ0n) is 19.5. The molecule has 0 spiro atoms. The van der Waals surface area contributed by atoms with Crippen molar-refractivity contribution in [3.63, 3.8) is 0 Å². The van der Waals surface area contributed by atoms with Gasteiger partial charge in [0.25, 0.3) is 0 Å². The summed E-state index contributed by atoms with van der Waals surface area (Å²) in [4.78, 5) is 35.7. The van der Waals surface area contributed by atoms with E-state index in [4.69, 9.17) is 9.97 Å². The minimum absolute atomic E-state index is 0.110. The average molecular weight is 496 g/mol. The van der Waals surface area contributed by atoms with Crippen LogP contribution in [0.2, 0.25) is 0 Å². The van der Waals surface area contributed by atoms with Gasteiger partial charge < -0.3 is 15.2 Å². The van der Waals surface area contributed by atoms with Crippen LogP contribution in [0.5, 0.6) is 0 Å². The molecule has 36 heavy (non-hydrogen) atoms. The van der Waals surface area contributed by atoms with Crippen LogP contribution in [0.3, 0.4) is 0 Å². The molecule has 11 heteroatoms. The van der Waals surface area contributed by atoms with E-state index in [9.17, 15) is 4.79 Å². The van der Waals surface area contributed by atoms with Gasteiger partial charge in [-0.3, -0.25) is 19.9 Å². The summed E-state index contributed by atoms with van der Waals surface area (Å²) < 4.78 is 0. The molecule has 0 aromatic carbocycles. The number of fused-ring (bicyclic) bond motifs is 2. The van der Waals surface area contributed by atoms with E-state index in [1.54, 1.807) is 34.8 Å². The number of nitrogens with zero attached hydrogens (tertiary/aromatic N) is 6. The van der Waals surface area contributed by atoms with E-state index in [0.29, 0.717) is 28.4 Å². The molecule has 0 fully saturated rings. The second-order valence-corrected chi connectivity index (χ2v) is 9.37. The van der Waals surface area contributed by atoms with Gasteiger partial charge in [0.1, 0.15) is 11.0 Å². The molecule has 0 saturated heterocycles. The van der Waals surface area contributed by atoms with Crippen molar-refractivity contribution in [2.75, 3.05) is 26.0 Å². The first-order valence-corrected chi connectivity index (χ1v) is 12.1. The Bertz CT molecular complexity index is 1700. The Balaban J connectivity index is 1.38. The number of carbonyl (C=O) groups excluding carboxylic acids is 1. The Morgan fingerprint density at radius 3 is 2.72 bits per heavy atom. The topological polar surface area (TPSA) is 128 Å². The number of hydrogen-bond donors (Lipinski definition) is 3. The number of amides is 1. The predicted molar refractivity (Wildman–Crippen MR) is 140 cm³/mol. The maximum atomic E-state index is 12.2. The van der Waals surface area contributed by atoms with Crippen LogP contribution in [0.4, 0.5) is 5.69 Å². The molecule has 0 unspecified atom stereocenters. The zero-order chi connectivity index (χ0) is 24.6. The number of H-pyrrole nitrogens is 2. The van der Waals surface area contributed by atoms with Crippen molar-refractivity contribution >= 4 is 45.0 Å². The summed E-state index contributed by atoms with van der Waals surface area (Å²) >= 11 is 1.63. The number of aromatic nitrogens is 7. The van der Waals surface area contributed by atoms with E-state index in [1.165, 1.54) is 0 Å². The predicted octanol–water partition coefficient (Wildman–Crippen LogP) is 4.19. The van der Waals surface area contributed by atoms with Crippen LogP contribution in [0.25, 0.3) is 56.0 Å². The first-order valence-electron chi connectivity index (χ1n) is 11.2. The fourth-order valence-corrected chi connectivity index (χ4v) is 4.69. The molecule has 1 amide bonds. The standard InChI is InChI=1S/C25H21N9OS/c1-34(2)12-21(35)28-16-7-15(8-26-9-16)18-3-4-19-23(29-18)24(33-32-19)25-30-20-11-27-10-17(22(20)31-25)14-5-6-36-13-14/h3-11,13H,12H2,1-2H3,(H,28,35)(H,30,31)(H,32,33). The van der Waals surface area contributed by atoms with Crippen molar-refractivity contribution in [3.05, 3.63) is 59.8 Å². The fraction of sp³-hybridized carbons (Fsp3) is 0.120.